The fourth-order valence-electron chi connectivity index (χ4n) is 1.68. The normalized spacial score (nSPS) is 10.5. The van der Waals surface area contributed by atoms with E-state index in [-0.39, 0.29) is 5.82 Å². The second-order valence-electron chi connectivity index (χ2n) is 4.07. The van der Waals surface area contributed by atoms with Crippen LogP contribution in [0.1, 0.15) is 12.5 Å². The van der Waals surface area contributed by atoms with Crippen molar-refractivity contribution < 1.29 is 9.13 Å². The molecule has 0 saturated heterocycles. The van der Waals surface area contributed by atoms with Crippen molar-refractivity contribution in [3.63, 3.8) is 0 Å². The van der Waals surface area contributed by atoms with Gasteiger partial charge in [-0.05, 0) is 40.7 Å². The number of halogens is 2. The van der Waals surface area contributed by atoms with Gasteiger partial charge in [0.1, 0.15) is 17.3 Å². The number of hydrogen-bond acceptors (Lipinski definition) is 2. The highest BCUT2D eigenvalue weighted by Crippen LogP contribution is 2.28. The van der Waals surface area contributed by atoms with Gasteiger partial charge in [0.05, 0.1) is 4.47 Å². The van der Waals surface area contributed by atoms with E-state index < -0.39 is 0 Å². The Hall–Kier alpha value is -1.39. The third-order valence-electron chi connectivity index (χ3n) is 2.66. The van der Waals surface area contributed by atoms with E-state index in [0.29, 0.717) is 10.2 Å². The molecule has 0 aromatic heterocycles. The lowest BCUT2D eigenvalue weighted by Crippen LogP contribution is -2.12. The van der Waals surface area contributed by atoms with E-state index in [1.807, 2.05) is 31.2 Å². The fourth-order valence-corrected chi connectivity index (χ4v) is 1.92. The molecule has 100 valence electrons. The molecule has 0 radical (unpaired) electrons. The molecule has 4 heteroatoms. The minimum Gasteiger partial charge on any atom is -0.457 e. The average Bonchev–Trinajstić information content (AvgIpc) is 2.42. The lowest BCUT2D eigenvalue weighted by molar-refractivity contribution is 0.467. The number of benzene rings is 2. The van der Waals surface area contributed by atoms with Gasteiger partial charge in [-0.25, -0.2) is 4.39 Å². The monoisotopic (exact) mass is 323 g/mol. The molecule has 0 spiro atoms. The Morgan fingerprint density at radius 3 is 2.74 bits per heavy atom. The lowest BCUT2D eigenvalue weighted by atomic mass is 10.2. The minimum absolute atomic E-state index is 0.332. The van der Waals surface area contributed by atoms with E-state index in [1.54, 1.807) is 12.1 Å². The summed E-state index contributed by atoms with van der Waals surface area (Å²) < 4.78 is 19.6. The highest BCUT2D eigenvalue weighted by molar-refractivity contribution is 9.10. The van der Waals surface area contributed by atoms with Gasteiger partial charge in [-0.15, -0.1) is 0 Å². The molecule has 0 aliphatic carbocycles. The van der Waals surface area contributed by atoms with Crippen molar-refractivity contribution in [3.05, 3.63) is 58.3 Å². The van der Waals surface area contributed by atoms with Gasteiger partial charge in [0.25, 0.3) is 0 Å². The summed E-state index contributed by atoms with van der Waals surface area (Å²) in [6.07, 6.45) is 0. The number of ether oxygens (including phenoxy) is 1. The standard InChI is InChI=1S/C15H15BrFNO/c1-2-18-10-11-5-3-4-6-15(11)19-12-7-8-13(16)14(17)9-12/h3-9,18H,2,10H2,1H3. The van der Waals surface area contributed by atoms with Gasteiger partial charge in [0, 0.05) is 18.2 Å². The van der Waals surface area contributed by atoms with Crippen LogP contribution in [0.2, 0.25) is 0 Å². The number of nitrogens with one attached hydrogen (secondary N) is 1. The largest absolute Gasteiger partial charge is 0.457 e. The van der Waals surface area contributed by atoms with Gasteiger partial charge >= 0.3 is 0 Å². The third kappa shape index (κ3) is 3.78. The Morgan fingerprint density at radius 2 is 2.00 bits per heavy atom. The Bertz CT molecular complexity index is 560. The first-order valence-corrected chi connectivity index (χ1v) is 6.91. The molecule has 1 N–H and O–H groups in total. The summed E-state index contributed by atoms with van der Waals surface area (Å²) in [5, 5.41) is 3.25. The van der Waals surface area contributed by atoms with E-state index in [2.05, 4.69) is 21.2 Å². The van der Waals surface area contributed by atoms with Crippen molar-refractivity contribution in [3.8, 4) is 11.5 Å². The maximum Gasteiger partial charge on any atom is 0.141 e. The average molecular weight is 324 g/mol. The van der Waals surface area contributed by atoms with Crippen LogP contribution in [0.5, 0.6) is 11.5 Å². The zero-order valence-electron chi connectivity index (χ0n) is 10.6. The van der Waals surface area contributed by atoms with Crippen molar-refractivity contribution in [2.45, 2.75) is 13.5 Å². The molecule has 0 atom stereocenters. The molecule has 2 aromatic carbocycles. The van der Waals surface area contributed by atoms with Crippen molar-refractivity contribution in [2.24, 2.45) is 0 Å². The summed E-state index contributed by atoms with van der Waals surface area (Å²) in [6.45, 7) is 3.67. The fraction of sp³-hybridized carbons (Fsp3) is 0.200. The van der Waals surface area contributed by atoms with Crippen LogP contribution in [0.15, 0.2) is 46.9 Å². The molecule has 0 unspecified atom stereocenters. The van der Waals surface area contributed by atoms with Crippen molar-refractivity contribution in [1.82, 2.24) is 5.32 Å². The first-order valence-electron chi connectivity index (χ1n) is 6.12. The molecule has 0 heterocycles. The van der Waals surface area contributed by atoms with Crippen LogP contribution in [0.25, 0.3) is 0 Å². The highest BCUT2D eigenvalue weighted by Gasteiger charge is 2.06. The molecular formula is C15H15BrFNO. The SMILES string of the molecule is CCNCc1ccccc1Oc1ccc(Br)c(F)c1. The lowest BCUT2D eigenvalue weighted by Gasteiger charge is -2.11. The second-order valence-corrected chi connectivity index (χ2v) is 4.92. The van der Waals surface area contributed by atoms with Gasteiger partial charge < -0.3 is 10.1 Å². The second kappa shape index (κ2) is 6.68. The maximum atomic E-state index is 13.4. The van der Waals surface area contributed by atoms with Crippen molar-refractivity contribution in [1.29, 1.82) is 0 Å². The van der Waals surface area contributed by atoms with Gasteiger partial charge in [-0.3, -0.25) is 0 Å². The zero-order chi connectivity index (χ0) is 13.7. The van der Waals surface area contributed by atoms with E-state index in [0.717, 1.165) is 24.4 Å². The molecule has 19 heavy (non-hydrogen) atoms. The molecular weight excluding hydrogens is 309 g/mol. The van der Waals surface area contributed by atoms with Crippen LogP contribution in [0, 0.1) is 5.82 Å². The van der Waals surface area contributed by atoms with E-state index in [4.69, 9.17) is 4.74 Å². The van der Waals surface area contributed by atoms with Crippen molar-refractivity contribution >= 4 is 15.9 Å². The number of para-hydroxylation sites is 1. The first-order chi connectivity index (χ1) is 9.20. The van der Waals surface area contributed by atoms with Crippen LogP contribution in [-0.4, -0.2) is 6.54 Å². The molecule has 0 amide bonds. The molecule has 0 fully saturated rings. The summed E-state index contributed by atoms with van der Waals surface area (Å²) in [6, 6.07) is 12.5. The summed E-state index contributed by atoms with van der Waals surface area (Å²) in [7, 11) is 0. The van der Waals surface area contributed by atoms with Gasteiger partial charge in [0.2, 0.25) is 0 Å². The van der Waals surface area contributed by atoms with Crippen LogP contribution in [0.3, 0.4) is 0 Å². The Balaban J connectivity index is 2.20. The predicted molar refractivity (Wildman–Crippen MR) is 78.0 cm³/mol. The quantitative estimate of drug-likeness (QED) is 0.875. The Morgan fingerprint density at radius 1 is 1.21 bits per heavy atom. The number of hydrogen-bond donors (Lipinski definition) is 1. The molecule has 0 aliphatic heterocycles. The molecule has 0 aliphatic rings. The molecule has 2 aromatic rings. The maximum absolute atomic E-state index is 13.4. The van der Waals surface area contributed by atoms with E-state index in [1.165, 1.54) is 6.07 Å². The van der Waals surface area contributed by atoms with Crippen LogP contribution < -0.4 is 10.1 Å². The Labute approximate surface area is 120 Å². The molecule has 2 nitrogen and oxygen atoms in total. The summed E-state index contributed by atoms with van der Waals surface area (Å²) in [5.74, 6) is 0.900. The minimum atomic E-state index is -0.332. The van der Waals surface area contributed by atoms with Crippen molar-refractivity contribution in [2.75, 3.05) is 6.54 Å². The molecule has 0 bridgehead atoms. The molecule has 2 rings (SSSR count). The van der Waals surface area contributed by atoms with Crippen LogP contribution >= 0.6 is 15.9 Å². The zero-order valence-corrected chi connectivity index (χ0v) is 12.2. The van der Waals surface area contributed by atoms with Crippen LogP contribution in [-0.2, 0) is 6.54 Å². The number of rotatable bonds is 5. The first kappa shape index (κ1) is 14.0. The van der Waals surface area contributed by atoms with Gasteiger partial charge in [-0.1, -0.05) is 25.1 Å². The Kier molecular flexibility index (Phi) is 4.93. The predicted octanol–water partition coefficient (Wildman–Crippen LogP) is 4.49. The van der Waals surface area contributed by atoms with Gasteiger partial charge in [0.15, 0.2) is 0 Å². The van der Waals surface area contributed by atoms with Gasteiger partial charge in [-0.2, -0.15) is 0 Å². The highest BCUT2D eigenvalue weighted by atomic mass is 79.9. The third-order valence-corrected chi connectivity index (χ3v) is 3.30. The van der Waals surface area contributed by atoms with E-state index >= 15 is 0 Å². The van der Waals surface area contributed by atoms with E-state index in [9.17, 15) is 4.39 Å². The summed E-state index contributed by atoms with van der Waals surface area (Å²) >= 11 is 3.12. The summed E-state index contributed by atoms with van der Waals surface area (Å²) in [4.78, 5) is 0. The van der Waals surface area contributed by atoms with Crippen LogP contribution in [0.4, 0.5) is 4.39 Å². The topological polar surface area (TPSA) is 21.3 Å². The smallest absolute Gasteiger partial charge is 0.141 e. The molecule has 0 saturated carbocycles. The summed E-state index contributed by atoms with van der Waals surface area (Å²) in [5.41, 5.74) is 1.05.